The van der Waals surface area contributed by atoms with Crippen molar-refractivity contribution in [2.24, 2.45) is 5.92 Å². The van der Waals surface area contributed by atoms with E-state index in [0.29, 0.717) is 5.56 Å². The summed E-state index contributed by atoms with van der Waals surface area (Å²) in [6.07, 6.45) is 0. The standard InChI is InChI=1S/C15H13ClO3/c1-9(15(16)18)14(17)12-4-3-11-8-13(19-2)6-5-10(11)7-12/h3-9H,1-2H3/t9-/m0/s1. The largest absolute Gasteiger partial charge is 0.497 e. The third kappa shape index (κ3) is 2.76. The van der Waals surface area contributed by atoms with Crippen molar-refractivity contribution in [1.82, 2.24) is 0 Å². The average molecular weight is 277 g/mol. The predicted octanol–water partition coefficient (Wildman–Crippen LogP) is 3.43. The van der Waals surface area contributed by atoms with Gasteiger partial charge in [-0.2, -0.15) is 0 Å². The third-order valence-electron chi connectivity index (χ3n) is 3.07. The van der Waals surface area contributed by atoms with Crippen LogP contribution in [0.2, 0.25) is 0 Å². The maximum atomic E-state index is 12.0. The SMILES string of the molecule is COc1ccc2cc(C(=O)[C@H](C)C(=O)Cl)ccc2c1. The van der Waals surface area contributed by atoms with Gasteiger partial charge in [0.25, 0.3) is 0 Å². The first-order valence-corrected chi connectivity index (χ1v) is 6.22. The quantitative estimate of drug-likeness (QED) is 0.488. The summed E-state index contributed by atoms with van der Waals surface area (Å²) >= 11 is 5.35. The fraction of sp³-hybridized carbons (Fsp3) is 0.200. The number of hydrogen-bond acceptors (Lipinski definition) is 3. The van der Waals surface area contributed by atoms with Crippen molar-refractivity contribution in [2.45, 2.75) is 6.92 Å². The molecule has 0 unspecified atom stereocenters. The van der Waals surface area contributed by atoms with Gasteiger partial charge in [0.1, 0.15) is 5.75 Å². The van der Waals surface area contributed by atoms with E-state index in [2.05, 4.69) is 0 Å². The summed E-state index contributed by atoms with van der Waals surface area (Å²) in [4.78, 5) is 23.1. The molecule has 0 aliphatic heterocycles. The van der Waals surface area contributed by atoms with Gasteiger partial charge >= 0.3 is 0 Å². The Morgan fingerprint density at radius 2 is 1.74 bits per heavy atom. The van der Waals surface area contributed by atoms with Gasteiger partial charge in [0.15, 0.2) is 5.78 Å². The van der Waals surface area contributed by atoms with E-state index >= 15 is 0 Å². The lowest BCUT2D eigenvalue weighted by atomic mass is 9.98. The highest BCUT2D eigenvalue weighted by atomic mass is 35.5. The number of methoxy groups -OCH3 is 1. The molecule has 0 saturated carbocycles. The molecule has 0 aliphatic carbocycles. The number of ketones is 1. The van der Waals surface area contributed by atoms with Gasteiger partial charge in [-0.3, -0.25) is 9.59 Å². The Morgan fingerprint density at radius 3 is 2.37 bits per heavy atom. The van der Waals surface area contributed by atoms with Crippen LogP contribution < -0.4 is 4.74 Å². The first kappa shape index (κ1) is 13.6. The minimum atomic E-state index is -0.822. The number of carbonyl (C=O) groups is 2. The Labute approximate surface area is 116 Å². The summed E-state index contributed by atoms with van der Waals surface area (Å²) in [5.74, 6) is -0.328. The highest BCUT2D eigenvalue weighted by molar-refractivity contribution is 6.65. The molecule has 0 aliphatic rings. The molecule has 0 saturated heterocycles. The molecule has 2 aromatic rings. The molecule has 0 aromatic heterocycles. The van der Waals surface area contributed by atoms with Crippen molar-refractivity contribution in [3.05, 3.63) is 42.0 Å². The van der Waals surface area contributed by atoms with Gasteiger partial charge in [-0.15, -0.1) is 0 Å². The maximum absolute atomic E-state index is 12.0. The van der Waals surface area contributed by atoms with Crippen molar-refractivity contribution >= 4 is 33.4 Å². The summed E-state index contributed by atoms with van der Waals surface area (Å²) in [7, 11) is 1.60. The molecule has 19 heavy (non-hydrogen) atoms. The minimum absolute atomic E-state index is 0.266. The molecule has 0 heterocycles. The Hall–Kier alpha value is -1.87. The van der Waals surface area contributed by atoms with Crippen LogP contribution in [0.1, 0.15) is 17.3 Å². The molecule has 4 heteroatoms. The zero-order valence-corrected chi connectivity index (χ0v) is 11.4. The molecule has 2 rings (SSSR count). The number of fused-ring (bicyclic) bond motifs is 1. The summed E-state index contributed by atoms with van der Waals surface area (Å²) in [6, 6.07) is 10.9. The van der Waals surface area contributed by atoms with Crippen molar-refractivity contribution in [1.29, 1.82) is 0 Å². The first-order chi connectivity index (χ1) is 9.02. The summed E-state index contributed by atoms with van der Waals surface area (Å²) in [5.41, 5.74) is 0.485. The number of ether oxygens (including phenoxy) is 1. The van der Waals surface area contributed by atoms with E-state index in [1.807, 2.05) is 24.3 Å². The maximum Gasteiger partial charge on any atom is 0.232 e. The van der Waals surface area contributed by atoms with E-state index in [-0.39, 0.29) is 5.78 Å². The van der Waals surface area contributed by atoms with Crippen LogP contribution in [0.15, 0.2) is 36.4 Å². The minimum Gasteiger partial charge on any atom is -0.497 e. The molecule has 0 N–H and O–H groups in total. The highest BCUT2D eigenvalue weighted by Gasteiger charge is 2.21. The van der Waals surface area contributed by atoms with Crippen LogP contribution in [0.5, 0.6) is 5.75 Å². The third-order valence-corrected chi connectivity index (χ3v) is 3.39. The van der Waals surface area contributed by atoms with Gasteiger partial charge < -0.3 is 4.74 Å². The lowest BCUT2D eigenvalue weighted by Gasteiger charge is -2.07. The van der Waals surface area contributed by atoms with Crippen LogP contribution in [0, 0.1) is 5.92 Å². The average Bonchev–Trinajstić information content (AvgIpc) is 2.44. The number of halogens is 1. The summed E-state index contributed by atoms with van der Waals surface area (Å²) < 4.78 is 5.14. The van der Waals surface area contributed by atoms with Gasteiger partial charge in [0, 0.05) is 5.56 Å². The molecule has 0 amide bonds. The van der Waals surface area contributed by atoms with Gasteiger partial charge in [-0.25, -0.2) is 0 Å². The number of Topliss-reactive ketones (excluding diaryl/α,β-unsaturated/α-hetero) is 1. The molecule has 0 spiro atoms. The summed E-state index contributed by atoms with van der Waals surface area (Å²) in [6.45, 7) is 1.51. The second-order valence-corrected chi connectivity index (χ2v) is 4.69. The Balaban J connectivity index is 2.42. The second-order valence-electron chi connectivity index (χ2n) is 4.32. The Kier molecular flexibility index (Phi) is 3.86. The first-order valence-electron chi connectivity index (χ1n) is 5.84. The van der Waals surface area contributed by atoms with Crippen LogP contribution in [-0.2, 0) is 4.79 Å². The van der Waals surface area contributed by atoms with Gasteiger partial charge in [-0.1, -0.05) is 18.2 Å². The topological polar surface area (TPSA) is 43.4 Å². The molecule has 0 bridgehead atoms. The zero-order valence-electron chi connectivity index (χ0n) is 10.6. The van der Waals surface area contributed by atoms with Crippen molar-refractivity contribution in [2.75, 3.05) is 7.11 Å². The summed E-state index contributed by atoms with van der Waals surface area (Å²) in [5, 5.41) is 1.25. The van der Waals surface area contributed by atoms with E-state index in [9.17, 15) is 9.59 Å². The molecular formula is C15H13ClO3. The molecule has 98 valence electrons. The molecular weight excluding hydrogens is 264 g/mol. The normalized spacial score (nSPS) is 12.2. The van der Waals surface area contributed by atoms with Crippen LogP contribution in [0.3, 0.4) is 0 Å². The van der Waals surface area contributed by atoms with Crippen LogP contribution in [0.4, 0.5) is 0 Å². The van der Waals surface area contributed by atoms with E-state index in [4.69, 9.17) is 16.3 Å². The van der Waals surface area contributed by atoms with Crippen LogP contribution >= 0.6 is 11.6 Å². The number of rotatable bonds is 4. The molecule has 1 atom stereocenters. The van der Waals surface area contributed by atoms with Crippen LogP contribution in [-0.4, -0.2) is 18.1 Å². The lowest BCUT2D eigenvalue weighted by molar-refractivity contribution is -0.113. The van der Waals surface area contributed by atoms with E-state index < -0.39 is 11.2 Å². The monoisotopic (exact) mass is 276 g/mol. The lowest BCUT2D eigenvalue weighted by Crippen LogP contribution is -2.17. The van der Waals surface area contributed by atoms with Gasteiger partial charge in [0.05, 0.1) is 13.0 Å². The number of hydrogen-bond donors (Lipinski definition) is 0. The van der Waals surface area contributed by atoms with Crippen molar-refractivity contribution < 1.29 is 14.3 Å². The molecule has 0 radical (unpaired) electrons. The number of carbonyl (C=O) groups excluding carboxylic acids is 2. The van der Waals surface area contributed by atoms with Crippen molar-refractivity contribution in [3.63, 3.8) is 0 Å². The fourth-order valence-corrected chi connectivity index (χ4v) is 1.96. The zero-order chi connectivity index (χ0) is 14.0. The van der Waals surface area contributed by atoms with Gasteiger partial charge in [0.2, 0.25) is 5.24 Å². The number of benzene rings is 2. The molecule has 0 fully saturated rings. The van der Waals surface area contributed by atoms with E-state index in [1.54, 1.807) is 19.2 Å². The Bertz CT molecular complexity index is 649. The second kappa shape index (κ2) is 5.41. The fourth-order valence-electron chi connectivity index (χ4n) is 1.86. The van der Waals surface area contributed by atoms with Crippen molar-refractivity contribution in [3.8, 4) is 5.75 Å². The van der Waals surface area contributed by atoms with E-state index in [0.717, 1.165) is 16.5 Å². The van der Waals surface area contributed by atoms with Crippen LogP contribution in [0.25, 0.3) is 10.8 Å². The molecule has 2 aromatic carbocycles. The van der Waals surface area contributed by atoms with Gasteiger partial charge in [-0.05, 0) is 47.5 Å². The van der Waals surface area contributed by atoms with E-state index in [1.165, 1.54) is 6.92 Å². The predicted molar refractivity (Wildman–Crippen MR) is 74.9 cm³/mol. The highest BCUT2D eigenvalue weighted by Crippen LogP contribution is 2.23. The molecule has 3 nitrogen and oxygen atoms in total. The smallest absolute Gasteiger partial charge is 0.232 e. The Morgan fingerprint density at radius 1 is 1.11 bits per heavy atom.